The summed E-state index contributed by atoms with van der Waals surface area (Å²) < 4.78 is 27.1. The van der Waals surface area contributed by atoms with Gasteiger partial charge in [0, 0.05) is 12.7 Å². The highest BCUT2D eigenvalue weighted by atomic mass is 32.2. The summed E-state index contributed by atoms with van der Waals surface area (Å²) in [6.45, 7) is 6.34. The second kappa shape index (κ2) is 5.94. The molecule has 0 aliphatic rings. The van der Waals surface area contributed by atoms with Crippen LogP contribution in [0.3, 0.4) is 0 Å². The van der Waals surface area contributed by atoms with Crippen molar-refractivity contribution in [1.82, 2.24) is 9.71 Å². The van der Waals surface area contributed by atoms with Gasteiger partial charge in [0.2, 0.25) is 10.0 Å². The van der Waals surface area contributed by atoms with Crippen LogP contribution in [0.4, 0.5) is 0 Å². The van der Waals surface area contributed by atoms with Crippen molar-refractivity contribution in [2.45, 2.75) is 32.1 Å². The van der Waals surface area contributed by atoms with Crippen molar-refractivity contribution in [3.63, 3.8) is 0 Å². The molecule has 0 unspecified atom stereocenters. The number of sulfonamides is 1. The summed E-state index contributed by atoms with van der Waals surface area (Å²) in [6, 6.07) is 2.99. The van der Waals surface area contributed by atoms with Crippen LogP contribution in [0.5, 0.6) is 0 Å². The molecule has 0 atom stereocenters. The van der Waals surface area contributed by atoms with Crippen LogP contribution in [0.1, 0.15) is 32.9 Å². The van der Waals surface area contributed by atoms with E-state index in [1.807, 2.05) is 20.8 Å². The number of nitrogens with zero attached hydrogens (tertiary/aromatic N) is 1. The molecule has 3 N–H and O–H groups in total. The number of thiocarbonyl (C=S) groups is 1. The third kappa shape index (κ3) is 4.22. The fourth-order valence-electron chi connectivity index (χ4n) is 1.29. The van der Waals surface area contributed by atoms with Crippen LogP contribution in [0.25, 0.3) is 0 Å². The van der Waals surface area contributed by atoms with E-state index in [4.69, 9.17) is 18.0 Å². The van der Waals surface area contributed by atoms with Crippen molar-refractivity contribution in [1.29, 1.82) is 0 Å². The van der Waals surface area contributed by atoms with E-state index in [2.05, 4.69) is 9.71 Å². The summed E-state index contributed by atoms with van der Waals surface area (Å²) in [4.78, 5) is 3.91. The van der Waals surface area contributed by atoms with Gasteiger partial charge < -0.3 is 5.73 Å². The molecular formula is C12H19N3O2S2. The summed E-state index contributed by atoms with van der Waals surface area (Å²) >= 11 is 4.82. The van der Waals surface area contributed by atoms with Gasteiger partial charge in [0.25, 0.3) is 0 Å². The lowest BCUT2D eigenvalue weighted by Crippen LogP contribution is -2.34. The number of hydrogen-bond donors (Lipinski definition) is 2. The fourth-order valence-corrected chi connectivity index (χ4v) is 2.92. The maximum absolute atomic E-state index is 12.3. The van der Waals surface area contributed by atoms with E-state index in [0.717, 1.165) is 6.42 Å². The Morgan fingerprint density at radius 2 is 2.16 bits per heavy atom. The quantitative estimate of drug-likeness (QED) is 0.776. The standard InChI is InChI=1S/C12H19N3O2S2/c1-4-12(2,3)8-15-19(16,17)9-6-5-7-14-10(9)11(13)18/h5-7,15H,4,8H2,1-3H3,(H2,13,18). The first-order chi connectivity index (χ1) is 8.69. The second-order valence-electron chi connectivity index (χ2n) is 5.06. The van der Waals surface area contributed by atoms with Crippen molar-refractivity contribution in [2.75, 3.05) is 6.54 Å². The topological polar surface area (TPSA) is 85.1 Å². The van der Waals surface area contributed by atoms with Gasteiger partial charge in [0.15, 0.2) is 0 Å². The molecule has 1 rings (SSSR count). The van der Waals surface area contributed by atoms with Gasteiger partial charge in [0.05, 0.1) is 0 Å². The van der Waals surface area contributed by atoms with Gasteiger partial charge in [0.1, 0.15) is 15.6 Å². The Morgan fingerprint density at radius 3 is 2.68 bits per heavy atom. The van der Waals surface area contributed by atoms with E-state index < -0.39 is 10.0 Å². The molecule has 0 aliphatic heterocycles. The molecule has 0 saturated carbocycles. The first kappa shape index (κ1) is 16.0. The highest BCUT2D eigenvalue weighted by molar-refractivity contribution is 7.89. The number of hydrogen-bond acceptors (Lipinski definition) is 4. The van der Waals surface area contributed by atoms with Crippen LogP contribution in [-0.4, -0.2) is 24.9 Å². The van der Waals surface area contributed by atoms with Gasteiger partial charge in [-0.2, -0.15) is 0 Å². The molecule has 0 aromatic carbocycles. The molecule has 106 valence electrons. The maximum Gasteiger partial charge on any atom is 0.242 e. The molecule has 1 heterocycles. The summed E-state index contributed by atoms with van der Waals surface area (Å²) in [5.41, 5.74) is 5.51. The van der Waals surface area contributed by atoms with Crippen molar-refractivity contribution < 1.29 is 8.42 Å². The molecule has 0 fully saturated rings. The number of nitrogens with two attached hydrogens (primary N) is 1. The number of rotatable bonds is 6. The first-order valence-electron chi connectivity index (χ1n) is 5.94. The number of nitrogens with one attached hydrogen (secondary N) is 1. The normalized spacial score (nSPS) is 12.4. The smallest absolute Gasteiger partial charge is 0.242 e. The largest absolute Gasteiger partial charge is 0.388 e. The number of aromatic nitrogens is 1. The Labute approximate surface area is 119 Å². The minimum absolute atomic E-state index is 0.0226. The molecule has 1 aromatic rings. The van der Waals surface area contributed by atoms with Crippen molar-refractivity contribution in [3.05, 3.63) is 24.0 Å². The Kier molecular flexibility index (Phi) is 5.00. The van der Waals surface area contributed by atoms with Gasteiger partial charge in [-0.15, -0.1) is 0 Å². The van der Waals surface area contributed by atoms with Gasteiger partial charge in [-0.1, -0.05) is 33.0 Å². The fraction of sp³-hybridized carbons (Fsp3) is 0.500. The lowest BCUT2D eigenvalue weighted by Gasteiger charge is -2.23. The summed E-state index contributed by atoms with van der Waals surface area (Å²) in [7, 11) is -3.66. The van der Waals surface area contributed by atoms with Crippen LogP contribution in [0, 0.1) is 5.41 Å². The molecular weight excluding hydrogens is 282 g/mol. The Bertz CT molecular complexity index is 568. The van der Waals surface area contributed by atoms with Crippen LogP contribution in [0.15, 0.2) is 23.2 Å². The Morgan fingerprint density at radius 1 is 1.53 bits per heavy atom. The maximum atomic E-state index is 12.3. The minimum Gasteiger partial charge on any atom is -0.388 e. The molecule has 0 amide bonds. The van der Waals surface area contributed by atoms with Gasteiger partial charge >= 0.3 is 0 Å². The van der Waals surface area contributed by atoms with Gasteiger partial charge in [-0.3, -0.25) is 4.98 Å². The molecule has 5 nitrogen and oxygen atoms in total. The highest BCUT2D eigenvalue weighted by Gasteiger charge is 2.24. The molecule has 0 radical (unpaired) electrons. The van der Waals surface area contributed by atoms with E-state index in [1.54, 1.807) is 6.07 Å². The molecule has 0 spiro atoms. The molecule has 1 aromatic heterocycles. The highest BCUT2D eigenvalue weighted by Crippen LogP contribution is 2.20. The van der Waals surface area contributed by atoms with E-state index in [9.17, 15) is 8.42 Å². The second-order valence-corrected chi connectivity index (χ2v) is 7.23. The lowest BCUT2D eigenvalue weighted by atomic mass is 9.91. The van der Waals surface area contributed by atoms with E-state index in [1.165, 1.54) is 12.3 Å². The van der Waals surface area contributed by atoms with Crippen LogP contribution >= 0.6 is 12.2 Å². The van der Waals surface area contributed by atoms with Crippen molar-refractivity contribution >= 4 is 27.2 Å². The third-order valence-electron chi connectivity index (χ3n) is 2.99. The molecule has 0 saturated heterocycles. The molecule has 0 bridgehead atoms. The molecule has 0 aliphatic carbocycles. The average molecular weight is 301 g/mol. The summed E-state index contributed by atoms with van der Waals surface area (Å²) in [6.07, 6.45) is 2.33. The van der Waals surface area contributed by atoms with Gasteiger partial charge in [-0.25, -0.2) is 13.1 Å². The Hall–Kier alpha value is -1.05. The summed E-state index contributed by atoms with van der Waals surface area (Å²) in [5, 5.41) is 0. The van der Waals surface area contributed by atoms with Crippen LogP contribution in [-0.2, 0) is 10.0 Å². The molecule has 19 heavy (non-hydrogen) atoms. The minimum atomic E-state index is -3.66. The SMILES string of the molecule is CCC(C)(C)CNS(=O)(=O)c1cccnc1C(N)=S. The monoisotopic (exact) mass is 301 g/mol. The average Bonchev–Trinajstić information content (AvgIpc) is 2.37. The van der Waals surface area contributed by atoms with E-state index in [-0.39, 0.29) is 21.0 Å². The van der Waals surface area contributed by atoms with E-state index in [0.29, 0.717) is 6.54 Å². The van der Waals surface area contributed by atoms with Crippen molar-refractivity contribution in [3.8, 4) is 0 Å². The predicted molar refractivity (Wildman–Crippen MR) is 79.4 cm³/mol. The first-order valence-corrected chi connectivity index (χ1v) is 7.83. The van der Waals surface area contributed by atoms with E-state index >= 15 is 0 Å². The van der Waals surface area contributed by atoms with Crippen molar-refractivity contribution in [2.24, 2.45) is 11.1 Å². The zero-order valence-corrected chi connectivity index (χ0v) is 12.9. The summed E-state index contributed by atoms with van der Waals surface area (Å²) in [5.74, 6) is 0. The number of pyridine rings is 1. The van der Waals surface area contributed by atoms with Gasteiger partial charge in [-0.05, 0) is 24.0 Å². The lowest BCUT2D eigenvalue weighted by molar-refractivity contribution is 0.350. The zero-order chi connectivity index (χ0) is 14.7. The third-order valence-corrected chi connectivity index (χ3v) is 4.62. The predicted octanol–water partition coefficient (Wildman–Crippen LogP) is 1.43. The van der Waals surface area contributed by atoms with Crippen LogP contribution in [0.2, 0.25) is 0 Å². The zero-order valence-electron chi connectivity index (χ0n) is 11.3. The molecule has 7 heteroatoms. The Balaban J connectivity index is 3.05. The van der Waals surface area contributed by atoms with Crippen LogP contribution < -0.4 is 10.5 Å².